The van der Waals surface area contributed by atoms with Gasteiger partial charge in [0.15, 0.2) is 16.3 Å². The summed E-state index contributed by atoms with van der Waals surface area (Å²) in [6, 6.07) is 5.71. The number of carbonyl (C=O) groups excluding carboxylic acids is 2. The number of nitrogens with one attached hydrogen (secondary N) is 1. The van der Waals surface area contributed by atoms with Gasteiger partial charge in [-0.15, -0.1) is 0 Å². The van der Waals surface area contributed by atoms with Crippen molar-refractivity contribution >= 4 is 35.0 Å². The van der Waals surface area contributed by atoms with Crippen molar-refractivity contribution in [2.45, 2.75) is 36.6 Å². The Morgan fingerprint density at radius 3 is 2.42 bits per heavy atom. The summed E-state index contributed by atoms with van der Waals surface area (Å²) in [5.74, 6) is 1.04. The van der Waals surface area contributed by atoms with Crippen LogP contribution in [0.1, 0.15) is 24.8 Å². The van der Waals surface area contributed by atoms with Gasteiger partial charge in [-0.1, -0.05) is 29.3 Å². The van der Waals surface area contributed by atoms with Crippen LogP contribution in [0.15, 0.2) is 18.2 Å². The lowest BCUT2D eigenvalue weighted by atomic mass is 10.0. The fraction of sp³-hybridized carbons (Fsp3) is 0.556. The molecule has 144 valence electrons. The van der Waals surface area contributed by atoms with Gasteiger partial charge >= 0.3 is 0 Å². The molecule has 0 bridgehead atoms. The largest absolute Gasteiger partial charge is 0.493 e. The summed E-state index contributed by atoms with van der Waals surface area (Å²) in [7, 11) is 3.17. The number of hydrogen-bond donors (Lipinski definition) is 1. The van der Waals surface area contributed by atoms with Gasteiger partial charge in [0.05, 0.1) is 14.2 Å². The van der Waals surface area contributed by atoms with Crippen molar-refractivity contribution in [3.05, 3.63) is 23.8 Å². The number of methoxy groups -OCH3 is 2. The summed E-state index contributed by atoms with van der Waals surface area (Å²) >= 11 is 11.2. The lowest BCUT2D eigenvalue weighted by Crippen LogP contribution is -2.47. The molecule has 0 unspecified atom stereocenters. The van der Waals surface area contributed by atoms with E-state index in [1.165, 1.54) is 0 Å². The van der Waals surface area contributed by atoms with E-state index in [1.54, 1.807) is 19.1 Å². The average molecular weight is 403 g/mol. The molecule has 0 radical (unpaired) electrons. The maximum absolute atomic E-state index is 12.2. The summed E-state index contributed by atoms with van der Waals surface area (Å²) < 4.78 is 10.5. The van der Waals surface area contributed by atoms with Crippen LogP contribution in [0.3, 0.4) is 0 Å². The number of aryl methyl sites for hydroxylation is 1. The number of amides is 2. The number of alkyl halides is 2. The normalized spacial score (nSPS) is 15.0. The predicted molar refractivity (Wildman–Crippen MR) is 101 cm³/mol. The van der Waals surface area contributed by atoms with Crippen LogP contribution in [0, 0.1) is 0 Å². The lowest BCUT2D eigenvalue weighted by Gasteiger charge is -2.32. The number of ether oxygens (including phenoxy) is 2. The van der Waals surface area contributed by atoms with E-state index in [-0.39, 0.29) is 17.9 Å². The average Bonchev–Trinajstić information content (AvgIpc) is 2.66. The Kier molecular flexibility index (Phi) is 7.85. The van der Waals surface area contributed by atoms with Gasteiger partial charge in [-0.3, -0.25) is 9.59 Å². The van der Waals surface area contributed by atoms with Crippen LogP contribution in [0.2, 0.25) is 0 Å². The highest BCUT2D eigenvalue weighted by Gasteiger charge is 2.26. The minimum Gasteiger partial charge on any atom is -0.493 e. The second-order valence-electron chi connectivity index (χ2n) is 6.16. The van der Waals surface area contributed by atoms with Crippen LogP contribution >= 0.6 is 23.2 Å². The topological polar surface area (TPSA) is 67.9 Å². The standard InChI is InChI=1S/C18H24Cl2N2O4/c1-25-14-5-3-12(11-15(14)26-2)4-6-16(23)21-13-7-9-22(10-8-13)18(24)17(19)20/h3,5,11,13,17H,4,6-10H2,1-2H3,(H,21,23). The van der Waals surface area contributed by atoms with Gasteiger partial charge in [0.25, 0.3) is 5.91 Å². The van der Waals surface area contributed by atoms with Gasteiger partial charge < -0.3 is 19.7 Å². The van der Waals surface area contributed by atoms with Gasteiger partial charge in [-0.05, 0) is 37.0 Å². The molecular formula is C18H24Cl2N2O4. The first-order valence-electron chi connectivity index (χ1n) is 8.51. The van der Waals surface area contributed by atoms with E-state index in [4.69, 9.17) is 32.7 Å². The second kappa shape index (κ2) is 9.88. The molecule has 6 nitrogen and oxygen atoms in total. The first-order chi connectivity index (χ1) is 12.4. The molecule has 1 aliphatic heterocycles. The number of likely N-dealkylation sites (tertiary alicyclic amines) is 1. The van der Waals surface area contributed by atoms with Crippen molar-refractivity contribution in [2.75, 3.05) is 27.3 Å². The summed E-state index contributed by atoms with van der Waals surface area (Å²) in [4.78, 5) is 24.5. The summed E-state index contributed by atoms with van der Waals surface area (Å²) in [6.07, 6.45) is 2.41. The Hall–Kier alpha value is -1.66. The quantitative estimate of drug-likeness (QED) is 0.711. The van der Waals surface area contributed by atoms with Crippen LogP contribution < -0.4 is 14.8 Å². The minimum absolute atomic E-state index is 0.00266. The van der Waals surface area contributed by atoms with E-state index in [9.17, 15) is 9.59 Å². The second-order valence-corrected chi connectivity index (χ2v) is 7.25. The van der Waals surface area contributed by atoms with E-state index in [0.717, 1.165) is 5.56 Å². The van der Waals surface area contributed by atoms with Crippen molar-refractivity contribution in [3.8, 4) is 11.5 Å². The van der Waals surface area contributed by atoms with Crippen molar-refractivity contribution in [1.82, 2.24) is 10.2 Å². The van der Waals surface area contributed by atoms with Crippen LogP contribution in [0.4, 0.5) is 0 Å². The van der Waals surface area contributed by atoms with E-state index in [2.05, 4.69) is 5.32 Å². The monoisotopic (exact) mass is 402 g/mol. The van der Waals surface area contributed by atoms with Crippen LogP contribution in [-0.2, 0) is 16.0 Å². The highest BCUT2D eigenvalue weighted by Crippen LogP contribution is 2.28. The maximum atomic E-state index is 12.2. The number of nitrogens with zero attached hydrogens (tertiary/aromatic N) is 1. The number of piperidine rings is 1. The first-order valence-corrected chi connectivity index (χ1v) is 9.39. The Morgan fingerprint density at radius 2 is 1.85 bits per heavy atom. The molecule has 1 aromatic carbocycles. The molecule has 1 N–H and O–H groups in total. The molecule has 0 atom stereocenters. The number of benzene rings is 1. The van der Waals surface area contributed by atoms with E-state index >= 15 is 0 Å². The molecule has 1 saturated heterocycles. The lowest BCUT2D eigenvalue weighted by molar-refractivity contribution is -0.130. The predicted octanol–water partition coefficient (Wildman–Crippen LogP) is 2.55. The summed E-state index contributed by atoms with van der Waals surface area (Å²) in [5, 5.41) is 3.03. The number of halogens is 2. The number of rotatable bonds is 7. The molecular weight excluding hydrogens is 379 g/mol. The summed E-state index contributed by atoms with van der Waals surface area (Å²) in [6.45, 7) is 1.10. The SMILES string of the molecule is COc1ccc(CCC(=O)NC2CCN(C(=O)C(Cl)Cl)CC2)cc1OC. The molecule has 2 rings (SSSR count). The van der Waals surface area contributed by atoms with Crippen LogP contribution in [0.5, 0.6) is 11.5 Å². The molecule has 1 fully saturated rings. The molecule has 8 heteroatoms. The highest BCUT2D eigenvalue weighted by atomic mass is 35.5. The fourth-order valence-electron chi connectivity index (χ4n) is 2.98. The third kappa shape index (κ3) is 5.68. The Labute approximate surface area is 163 Å². The minimum atomic E-state index is -1.03. The Bertz CT molecular complexity index is 632. The summed E-state index contributed by atoms with van der Waals surface area (Å²) in [5.41, 5.74) is 1.01. The van der Waals surface area contributed by atoms with Gasteiger partial charge in [-0.25, -0.2) is 0 Å². The van der Waals surface area contributed by atoms with E-state index in [0.29, 0.717) is 50.3 Å². The van der Waals surface area contributed by atoms with Gasteiger partial charge in [-0.2, -0.15) is 0 Å². The zero-order chi connectivity index (χ0) is 19.1. The number of hydrogen-bond acceptors (Lipinski definition) is 4. The van der Waals surface area contributed by atoms with Crippen molar-refractivity contribution < 1.29 is 19.1 Å². The third-order valence-corrected chi connectivity index (χ3v) is 4.82. The number of carbonyl (C=O) groups is 2. The van der Waals surface area contributed by atoms with Gasteiger partial charge in [0.2, 0.25) is 5.91 Å². The zero-order valence-electron chi connectivity index (χ0n) is 15.0. The zero-order valence-corrected chi connectivity index (χ0v) is 16.5. The van der Waals surface area contributed by atoms with Gasteiger partial charge in [0, 0.05) is 25.6 Å². The van der Waals surface area contributed by atoms with Crippen LogP contribution in [0.25, 0.3) is 0 Å². The molecule has 26 heavy (non-hydrogen) atoms. The molecule has 0 saturated carbocycles. The molecule has 0 spiro atoms. The van der Waals surface area contributed by atoms with Crippen molar-refractivity contribution in [1.29, 1.82) is 0 Å². The maximum Gasteiger partial charge on any atom is 0.255 e. The highest BCUT2D eigenvalue weighted by molar-refractivity contribution is 6.53. The van der Waals surface area contributed by atoms with E-state index in [1.807, 2.05) is 18.2 Å². The molecule has 0 aliphatic carbocycles. The Balaban J connectivity index is 1.77. The van der Waals surface area contributed by atoms with Crippen molar-refractivity contribution in [3.63, 3.8) is 0 Å². The van der Waals surface area contributed by atoms with Gasteiger partial charge in [0.1, 0.15) is 0 Å². The van der Waals surface area contributed by atoms with Crippen LogP contribution in [-0.4, -0.2) is 54.9 Å². The van der Waals surface area contributed by atoms with E-state index < -0.39 is 4.84 Å². The first kappa shape index (κ1) is 20.6. The molecule has 2 amide bonds. The Morgan fingerprint density at radius 1 is 1.19 bits per heavy atom. The molecule has 0 aromatic heterocycles. The molecule has 1 heterocycles. The fourth-order valence-corrected chi connectivity index (χ4v) is 3.25. The smallest absolute Gasteiger partial charge is 0.255 e. The third-order valence-electron chi connectivity index (χ3n) is 4.45. The van der Waals surface area contributed by atoms with Crippen molar-refractivity contribution in [2.24, 2.45) is 0 Å². The molecule has 1 aliphatic rings. The molecule has 1 aromatic rings.